The number of rotatable bonds is 3. The van der Waals surface area contributed by atoms with Crippen LogP contribution in [0.15, 0.2) is 24.5 Å². The summed E-state index contributed by atoms with van der Waals surface area (Å²) >= 11 is 0. The minimum absolute atomic E-state index is 0.0133. The van der Waals surface area contributed by atoms with Crippen LogP contribution in [0.5, 0.6) is 0 Å². The number of nitrogens with zero attached hydrogens (tertiary/aromatic N) is 3. The molecule has 7 heteroatoms. The van der Waals surface area contributed by atoms with Crippen LogP contribution < -0.4 is 10.2 Å². The molecule has 1 saturated heterocycles. The third kappa shape index (κ3) is 2.58. The molecule has 2 amide bonds. The topological polar surface area (TPSA) is 91.0 Å². The van der Waals surface area contributed by atoms with Crippen LogP contribution in [0.2, 0.25) is 0 Å². The Hall–Kier alpha value is -2.70. The lowest BCUT2D eigenvalue weighted by Crippen LogP contribution is -2.28. The zero-order chi connectivity index (χ0) is 15.8. The Kier molecular flexibility index (Phi) is 3.33. The van der Waals surface area contributed by atoms with Gasteiger partial charge in [-0.2, -0.15) is 10.1 Å². The second-order valence-corrected chi connectivity index (χ2v) is 6.04. The molecule has 0 saturated carbocycles. The molecule has 1 aromatic heterocycles. The summed E-state index contributed by atoms with van der Waals surface area (Å²) in [6.45, 7) is 0.400. The van der Waals surface area contributed by atoms with E-state index in [1.54, 1.807) is 4.90 Å². The summed E-state index contributed by atoms with van der Waals surface area (Å²) in [6, 6.07) is 6.18. The quantitative estimate of drug-likeness (QED) is 0.893. The number of aromatic amines is 1. The van der Waals surface area contributed by atoms with Crippen LogP contribution in [-0.4, -0.2) is 33.5 Å². The van der Waals surface area contributed by atoms with Gasteiger partial charge in [0.25, 0.3) is 0 Å². The van der Waals surface area contributed by atoms with Gasteiger partial charge in [0.05, 0.1) is 5.92 Å². The SMILES string of the molecule is O=C(Nc1ncn[nH]1)[C@H]1CC(=O)N(c2ccc3c(c2)CCC3)C1. The van der Waals surface area contributed by atoms with Crippen LogP contribution in [0.1, 0.15) is 24.0 Å². The number of hydrogen-bond acceptors (Lipinski definition) is 4. The predicted octanol–water partition coefficient (Wildman–Crippen LogP) is 1.28. The number of carbonyl (C=O) groups excluding carboxylic acids is 2. The molecule has 0 radical (unpaired) electrons. The summed E-state index contributed by atoms with van der Waals surface area (Å²) in [6.07, 6.45) is 4.91. The van der Waals surface area contributed by atoms with Gasteiger partial charge in [0.1, 0.15) is 6.33 Å². The number of amides is 2. The van der Waals surface area contributed by atoms with Crippen molar-refractivity contribution in [2.45, 2.75) is 25.7 Å². The van der Waals surface area contributed by atoms with Crippen molar-refractivity contribution in [2.75, 3.05) is 16.8 Å². The Morgan fingerprint density at radius 1 is 1.30 bits per heavy atom. The monoisotopic (exact) mass is 311 g/mol. The maximum Gasteiger partial charge on any atom is 0.232 e. The van der Waals surface area contributed by atoms with Crippen LogP contribution >= 0.6 is 0 Å². The fourth-order valence-corrected chi connectivity index (χ4v) is 3.34. The summed E-state index contributed by atoms with van der Waals surface area (Å²) in [5.41, 5.74) is 3.59. The molecule has 0 bridgehead atoms. The van der Waals surface area contributed by atoms with E-state index in [0.717, 1.165) is 18.5 Å². The van der Waals surface area contributed by atoms with Crippen LogP contribution in [0.25, 0.3) is 0 Å². The van der Waals surface area contributed by atoms with E-state index in [2.05, 4.69) is 32.6 Å². The van der Waals surface area contributed by atoms with Crippen molar-refractivity contribution in [3.8, 4) is 0 Å². The first kappa shape index (κ1) is 13.9. The minimum atomic E-state index is -0.374. The van der Waals surface area contributed by atoms with E-state index in [0.29, 0.717) is 12.5 Å². The Bertz CT molecular complexity index is 756. The number of H-pyrrole nitrogens is 1. The molecule has 2 N–H and O–H groups in total. The van der Waals surface area contributed by atoms with E-state index in [1.807, 2.05) is 6.07 Å². The Balaban J connectivity index is 1.49. The van der Waals surface area contributed by atoms with E-state index in [1.165, 1.54) is 23.9 Å². The molecule has 118 valence electrons. The zero-order valence-corrected chi connectivity index (χ0v) is 12.6. The van der Waals surface area contributed by atoms with E-state index in [9.17, 15) is 9.59 Å². The molecule has 1 aliphatic carbocycles. The lowest BCUT2D eigenvalue weighted by molar-refractivity contribution is -0.122. The van der Waals surface area contributed by atoms with Crippen LogP contribution in [-0.2, 0) is 22.4 Å². The van der Waals surface area contributed by atoms with Gasteiger partial charge in [-0.3, -0.25) is 14.9 Å². The van der Waals surface area contributed by atoms with Gasteiger partial charge in [0.2, 0.25) is 17.8 Å². The molecule has 2 aliphatic rings. The molecule has 4 rings (SSSR count). The Morgan fingerprint density at radius 3 is 3.00 bits per heavy atom. The molecular formula is C16H17N5O2. The van der Waals surface area contributed by atoms with Crippen molar-refractivity contribution in [3.63, 3.8) is 0 Å². The van der Waals surface area contributed by atoms with E-state index >= 15 is 0 Å². The van der Waals surface area contributed by atoms with Crippen molar-refractivity contribution in [1.82, 2.24) is 15.2 Å². The number of anilines is 2. The first-order valence-electron chi connectivity index (χ1n) is 7.79. The first-order chi connectivity index (χ1) is 11.2. The molecule has 1 aliphatic heterocycles. The van der Waals surface area contributed by atoms with Gasteiger partial charge in [-0.25, -0.2) is 5.10 Å². The summed E-state index contributed by atoms with van der Waals surface area (Å²) in [4.78, 5) is 30.1. The van der Waals surface area contributed by atoms with Crippen LogP contribution in [0, 0.1) is 5.92 Å². The highest BCUT2D eigenvalue weighted by atomic mass is 16.2. The first-order valence-corrected chi connectivity index (χ1v) is 7.79. The maximum atomic E-state index is 12.3. The molecule has 1 aromatic carbocycles. The highest BCUT2D eigenvalue weighted by Gasteiger charge is 2.35. The van der Waals surface area contributed by atoms with Gasteiger partial charge in [-0.1, -0.05) is 6.07 Å². The average Bonchev–Trinajstić information content (AvgIpc) is 3.26. The molecule has 2 heterocycles. The molecular weight excluding hydrogens is 294 g/mol. The van der Waals surface area contributed by atoms with Gasteiger partial charge >= 0.3 is 0 Å². The normalized spacial score (nSPS) is 19.9. The van der Waals surface area contributed by atoms with E-state index < -0.39 is 0 Å². The van der Waals surface area contributed by atoms with Gasteiger partial charge in [-0.15, -0.1) is 0 Å². The highest BCUT2D eigenvalue weighted by molar-refractivity contribution is 6.03. The third-order valence-electron chi connectivity index (χ3n) is 4.55. The van der Waals surface area contributed by atoms with Crippen molar-refractivity contribution in [3.05, 3.63) is 35.7 Å². The van der Waals surface area contributed by atoms with Crippen molar-refractivity contribution >= 4 is 23.5 Å². The summed E-state index contributed by atoms with van der Waals surface area (Å²) in [5.74, 6) is -0.293. The lowest BCUT2D eigenvalue weighted by Gasteiger charge is -2.17. The molecule has 23 heavy (non-hydrogen) atoms. The van der Waals surface area contributed by atoms with E-state index in [4.69, 9.17) is 0 Å². The van der Waals surface area contributed by atoms with Crippen molar-refractivity contribution in [1.29, 1.82) is 0 Å². The second-order valence-electron chi connectivity index (χ2n) is 6.04. The van der Waals surface area contributed by atoms with Gasteiger partial charge in [-0.05, 0) is 42.5 Å². The summed E-state index contributed by atoms with van der Waals surface area (Å²) < 4.78 is 0. The predicted molar refractivity (Wildman–Crippen MR) is 83.9 cm³/mol. The number of nitrogens with one attached hydrogen (secondary N) is 2. The molecule has 7 nitrogen and oxygen atoms in total. The molecule has 2 aromatic rings. The fourth-order valence-electron chi connectivity index (χ4n) is 3.34. The zero-order valence-electron chi connectivity index (χ0n) is 12.6. The number of hydrogen-bond donors (Lipinski definition) is 2. The van der Waals surface area contributed by atoms with Gasteiger partial charge in [0.15, 0.2) is 0 Å². The average molecular weight is 311 g/mol. The van der Waals surface area contributed by atoms with Crippen molar-refractivity contribution in [2.24, 2.45) is 5.92 Å². The number of aromatic nitrogens is 3. The largest absolute Gasteiger partial charge is 0.312 e. The van der Waals surface area contributed by atoms with Crippen molar-refractivity contribution < 1.29 is 9.59 Å². The molecule has 1 atom stereocenters. The molecule has 0 spiro atoms. The minimum Gasteiger partial charge on any atom is -0.312 e. The smallest absolute Gasteiger partial charge is 0.232 e. The number of carbonyl (C=O) groups is 2. The summed E-state index contributed by atoms with van der Waals surface area (Å²) in [5, 5.41) is 8.92. The maximum absolute atomic E-state index is 12.3. The number of fused-ring (bicyclic) bond motifs is 1. The Labute approximate surface area is 133 Å². The highest BCUT2D eigenvalue weighted by Crippen LogP contribution is 2.30. The van der Waals surface area contributed by atoms with Crippen LogP contribution in [0.4, 0.5) is 11.6 Å². The lowest BCUT2D eigenvalue weighted by atomic mass is 10.1. The van der Waals surface area contributed by atoms with E-state index in [-0.39, 0.29) is 24.2 Å². The van der Waals surface area contributed by atoms with Crippen LogP contribution in [0.3, 0.4) is 0 Å². The fraction of sp³-hybridized carbons (Fsp3) is 0.375. The van der Waals surface area contributed by atoms with Gasteiger partial charge in [0, 0.05) is 18.7 Å². The molecule has 1 fully saturated rings. The number of aryl methyl sites for hydroxylation is 2. The Morgan fingerprint density at radius 2 is 2.17 bits per heavy atom. The second kappa shape index (κ2) is 5.49. The standard InChI is InChI=1S/C16H17N5O2/c22-14-7-12(15(23)19-16-17-9-18-20-16)8-21(14)13-5-4-10-2-1-3-11(10)6-13/h4-6,9,12H,1-3,7-8H2,(H2,17,18,19,20,23)/t12-/m0/s1. The third-order valence-corrected chi connectivity index (χ3v) is 4.55. The number of benzene rings is 1. The van der Waals surface area contributed by atoms with Gasteiger partial charge < -0.3 is 4.90 Å². The molecule has 0 unspecified atom stereocenters. The summed E-state index contributed by atoms with van der Waals surface area (Å²) in [7, 11) is 0.